The second-order valence-corrected chi connectivity index (χ2v) is 8.45. The standard InChI is InChI=1S/C18H21N4O7P/c1-26-30(25,27-2)28-8-12-15(23)16(24)18(29-12)22-10-21-14-13(19-9-20-17(14)22)11-6-4-3-5-7-11/h3-7,9-10,12,15-16,18,23-24H,8H2,1-2H3/t12-,15-,16-,18-/m1/s1. The van der Waals surface area contributed by atoms with Crippen LogP contribution in [0, 0.1) is 0 Å². The molecule has 1 fully saturated rings. The lowest BCUT2D eigenvalue weighted by atomic mass is 10.1. The molecule has 2 aromatic heterocycles. The van der Waals surface area contributed by atoms with Gasteiger partial charge in [-0.25, -0.2) is 19.5 Å². The van der Waals surface area contributed by atoms with Crippen LogP contribution in [0.1, 0.15) is 6.23 Å². The molecule has 1 aliphatic heterocycles. The molecule has 0 unspecified atom stereocenters. The van der Waals surface area contributed by atoms with Gasteiger partial charge in [-0.2, -0.15) is 0 Å². The second kappa shape index (κ2) is 8.48. The lowest BCUT2D eigenvalue weighted by Gasteiger charge is -2.18. The van der Waals surface area contributed by atoms with Gasteiger partial charge in [-0.05, 0) is 0 Å². The molecule has 2 N–H and O–H groups in total. The van der Waals surface area contributed by atoms with Gasteiger partial charge in [0.05, 0.1) is 12.9 Å². The maximum Gasteiger partial charge on any atom is 0.474 e. The fourth-order valence-corrected chi connectivity index (χ4v) is 3.98. The zero-order valence-corrected chi connectivity index (χ0v) is 17.1. The Morgan fingerprint density at radius 1 is 1.10 bits per heavy atom. The SMILES string of the molecule is COP(=O)(OC)OC[C@H]1O[C@@H](n2cnc3c(-c4ccccc4)ncnc32)[C@H](O)[C@@H]1O. The minimum atomic E-state index is -3.75. The molecule has 11 nitrogen and oxygen atoms in total. The predicted octanol–water partition coefficient (Wildman–Crippen LogP) is 1.53. The third-order valence-electron chi connectivity index (χ3n) is 4.86. The summed E-state index contributed by atoms with van der Waals surface area (Å²) < 4.78 is 33.9. The van der Waals surface area contributed by atoms with Crippen LogP contribution in [0.4, 0.5) is 0 Å². The van der Waals surface area contributed by atoms with E-state index in [0.29, 0.717) is 16.9 Å². The monoisotopic (exact) mass is 436 g/mol. The molecule has 1 saturated heterocycles. The Labute approximate surface area is 171 Å². The highest BCUT2D eigenvalue weighted by atomic mass is 31.2. The topological polar surface area (TPSA) is 138 Å². The number of aliphatic hydroxyl groups excluding tert-OH is 2. The summed E-state index contributed by atoms with van der Waals surface area (Å²) in [5.74, 6) is 0. The highest BCUT2D eigenvalue weighted by Gasteiger charge is 2.45. The van der Waals surface area contributed by atoms with Crippen LogP contribution in [-0.4, -0.2) is 68.9 Å². The Morgan fingerprint density at radius 2 is 1.83 bits per heavy atom. The Kier molecular flexibility index (Phi) is 5.94. The molecule has 3 heterocycles. The molecule has 4 rings (SSSR count). The summed E-state index contributed by atoms with van der Waals surface area (Å²) in [4.78, 5) is 13.0. The van der Waals surface area contributed by atoms with E-state index in [2.05, 4.69) is 15.0 Å². The number of benzene rings is 1. The van der Waals surface area contributed by atoms with Crippen molar-refractivity contribution in [3.05, 3.63) is 43.0 Å². The number of rotatable bonds is 7. The first-order valence-corrected chi connectivity index (χ1v) is 10.5. The lowest BCUT2D eigenvalue weighted by molar-refractivity contribution is -0.0514. The minimum Gasteiger partial charge on any atom is -0.387 e. The molecule has 0 saturated carbocycles. The highest BCUT2D eigenvalue weighted by molar-refractivity contribution is 7.48. The van der Waals surface area contributed by atoms with E-state index >= 15 is 0 Å². The van der Waals surface area contributed by atoms with Gasteiger partial charge in [0.25, 0.3) is 0 Å². The zero-order chi connectivity index (χ0) is 21.3. The fourth-order valence-electron chi connectivity index (χ4n) is 3.29. The number of phosphoric acid groups is 1. The van der Waals surface area contributed by atoms with Crippen LogP contribution < -0.4 is 0 Å². The Morgan fingerprint density at radius 3 is 2.53 bits per heavy atom. The van der Waals surface area contributed by atoms with Gasteiger partial charge in [0.15, 0.2) is 11.9 Å². The van der Waals surface area contributed by atoms with E-state index in [1.165, 1.54) is 31.4 Å². The number of aliphatic hydroxyl groups is 2. The van der Waals surface area contributed by atoms with E-state index in [4.69, 9.17) is 18.3 Å². The van der Waals surface area contributed by atoms with Crippen LogP contribution in [0.15, 0.2) is 43.0 Å². The van der Waals surface area contributed by atoms with Crippen molar-refractivity contribution in [1.29, 1.82) is 0 Å². The summed E-state index contributed by atoms with van der Waals surface area (Å²) >= 11 is 0. The summed E-state index contributed by atoms with van der Waals surface area (Å²) in [7, 11) is -1.40. The van der Waals surface area contributed by atoms with Gasteiger partial charge in [-0.15, -0.1) is 0 Å². The number of phosphoric ester groups is 1. The van der Waals surface area contributed by atoms with Crippen molar-refractivity contribution in [1.82, 2.24) is 19.5 Å². The number of nitrogens with zero attached hydrogens (tertiary/aromatic N) is 4. The van der Waals surface area contributed by atoms with Gasteiger partial charge in [0.2, 0.25) is 0 Å². The molecule has 3 aromatic rings. The molecule has 12 heteroatoms. The number of hydrogen-bond donors (Lipinski definition) is 2. The van der Waals surface area contributed by atoms with Gasteiger partial charge in [-0.3, -0.25) is 18.1 Å². The number of fused-ring (bicyclic) bond motifs is 1. The normalized spacial score (nSPS) is 24.5. The van der Waals surface area contributed by atoms with E-state index in [0.717, 1.165) is 5.56 Å². The van der Waals surface area contributed by atoms with Gasteiger partial charge in [-0.1, -0.05) is 30.3 Å². The van der Waals surface area contributed by atoms with Gasteiger partial charge >= 0.3 is 7.82 Å². The minimum absolute atomic E-state index is 0.315. The molecule has 0 amide bonds. The molecule has 1 aromatic carbocycles. The van der Waals surface area contributed by atoms with Crippen LogP contribution in [0.25, 0.3) is 22.4 Å². The zero-order valence-electron chi connectivity index (χ0n) is 16.2. The van der Waals surface area contributed by atoms with E-state index < -0.39 is 32.4 Å². The van der Waals surface area contributed by atoms with Crippen LogP contribution >= 0.6 is 7.82 Å². The van der Waals surface area contributed by atoms with Crippen molar-refractivity contribution in [3.63, 3.8) is 0 Å². The summed E-state index contributed by atoms with van der Waals surface area (Å²) in [6.45, 7) is -0.315. The van der Waals surface area contributed by atoms with Crippen molar-refractivity contribution in [2.45, 2.75) is 24.5 Å². The Bertz CT molecular complexity index is 1060. The maximum atomic E-state index is 12.1. The largest absolute Gasteiger partial charge is 0.474 e. The number of ether oxygens (including phenoxy) is 1. The molecule has 4 atom stereocenters. The number of imidazole rings is 1. The molecule has 0 radical (unpaired) electrons. The van der Waals surface area contributed by atoms with Crippen molar-refractivity contribution >= 4 is 19.0 Å². The van der Waals surface area contributed by atoms with Gasteiger partial charge in [0, 0.05) is 19.8 Å². The van der Waals surface area contributed by atoms with Crippen LogP contribution in [0.5, 0.6) is 0 Å². The van der Waals surface area contributed by atoms with Crippen LogP contribution in [0.2, 0.25) is 0 Å². The van der Waals surface area contributed by atoms with E-state index in [1.807, 2.05) is 30.3 Å². The molecular formula is C18H21N4O7P. The maximum absolute atomic E-state index is 12.1. The molecule has 0 aliphatic carbocycles. The Hall–Kier alpha value is -2.24. The smallest absolute Gasteiger partial charge is 0.387 e. The summed E-state index contributed by atoms with van der Waals surface area (Å²) in [5, 5.41) is 20.9. The fraction of sp³-hybridized carbons (Fsp3) is 0.389. The van der Waals surface area contributed by atoms with Gasteiger partial charge in [0.1, 0.15) is 35.8 Å². The summed E-state index contributed by atoms with van der Waals surface area (Å²) in [5.41, 5.74) is 2.45. The molecule has 0 bridgehead atoms. The Balaban J connectivity index is 1.61. The second-order valence-electron chi connectivity index (χ2n) is 6.57. The first kappa shape index (κ1) is 21.0. The quantitative estimate of drug-likeness (QED) is 0.524. The third-order valence-corrected chi connectivity index (χ3v) is 6.22. The van der Waals surface area contributed by atoms with Crippen LogP contribution in [0.3, 0.4) is 0 Å². The van der Waals surface area contributed by atoms with Crippen molar-refractivity contribution in [2.24, 2.45) is 0 Å². The van der Waals surface area contributed by atoms with E-state index in [-0.39, 0.29) is 6.61 Å². The van der Waals surface area contributed by atoms with E-state index in [9.17, 15) is 14.8 Å². The molecule has 0 spiro atoms. The van der Waals surface area contributed by atoms with Crippen molar-refractivity contribution < 1.29 is 33.1 Å². The molecule has 1 aliphatic rings. The third kappa shape index (κ3) is 3.77. The first-order valence-electron chi connectivity index (χ1n) is 9.08. The summed E-state index contributed by atoms with van der Waals surface area (Å²) in [6.07, 6.45) is -1.70. The van der Waals surface area contributed by atoms with Gasteiger partial charge < -0.3 is 14.9 Å². The number of aromatic nitrogens is 4. The average Bonchev–Trinajstić information content (AvgIpc) is 3.34. The van der Waals surface area contributed by atoms with Crippen molar-refractivity contribution in [2.75, 3.05) is 20.8 Å². The molecular weight excluding hydrogens is 415 g/mol. The highest BCUT2D eigenvalue weighted by Crippen LogP contribution is 2.48. The van der Waals surface area contributed by atoms with Crippen molar-refractivity contribution in [3.8, 4) is 11.3 Å². The van der Waals surface area contributed by atoms with Crippen LogP contribution in [-0.2, 0) is 22.9 Å². The van der Waals surface area contributed by atoms with E-state index in [1.54, 1.807) is 0 Å². The summed E-state index contributed by atoms with van der Waals surface area (Å²) in [6, 6.07) is 9.50. The predicted molar refractivity (Wildman–Crippen MR) is 104 cm³/mol. The first-order chi connectivity index (χ1) is 14.5. The molecule has 30 heavy (non-hydrogen) atoms. The molecule has 160 valence electrons. The lowest BCUT2D eigenvalue weighted by Crippen LogP contribution is -2.33. The number of hydrogen-bond acceptors (Lipinski definition) is 10. The average molecular weight is 436 g/mol.